The van der Waals surface area contributed by atoms with E-state index in [2.05, 4.69) is 4.98 Å². The summed E-state index contributed by atoms with van der Waals surface area (Å²) in [5.74, 6) is -0.0430. The molecule has 0 aliphatic carbocycles. The maximum Gasteiger partial charge on any atom is 0.272 e. The molecule has 5 nitrogen and oxygen atoms in total. The van der Waals surface area contributed by atoms with E-state index in [0.717, 1.165) is 5.56 Å². The number of amides is 1. The van der Waals surface area contributed by atoms with Crippen LogP contribution in [-0.4, -0.2) is 42.1 Å². The van der Waals surface area contributed by atoms with Gasteiger partial charge in [-0.1, -0.05) is 0 Å². The molecule has 5 heteroatoms. The first kappa shape index (κ1) is 11.0. The molecular formula is C11H15N3O2. The van der Waals surface area contributed by atoms with Gasteiger partial charge in [0.25, 0.3) is 5.91 Å². The van der Waals surface area contributed by atoms with Crippen LogP contribution in [0, 0.1) is 0 Å². The molecule has 0 spiro atoms. The molecule has 16 heavy (non-hydrogen) atoms. The fraction of sp³-hybridized carbons (Fsp3) is 0.455. The molecule has 1 aliphatic rings. The lowest BCUT2D eigenvalue weighted by atomic mass is 10.2. The molecule has 2 rings (SSSR count). The van der Waals surface area contributed by atoms with Crippen molar-refractivity contribution in [2.45, 2.75) is 6.54 Å². The van der Waals surface area contributed by atoms with Gasteiger partial charge in [0.1, 0.15) is 5.69 Å². The van der Waals surface area contributed by atoms with Gasteiger partial charge in [0, 0.05) is 25.8 Å². The fourth-order valence-electron chi connectivity index (χ4n) is 1.65. The second-order valence-corrected chi connectivity index (χ2v) is 3.66. The van der Waals surface area contributed by atoms with E-state index in [1.54, 1.807) is 17.2 Å². The van der Waals surface area contributed by atoms with Crippen LogP contribution in [-0.2, 0) is 11.3 Å². The normalized spacial score (nSPS) is 16.2. The summed E-state index contributed by atoms with van der Waals surface area (Å²) in [5.41, 5.74) is 6.91. The van der Waals surface area contributed by atoms with Gasteiger partial charge in [0.05, 0.1) is 13.2 Å². The number of nitrogens with two attached hydrogens (primary N) is 1. The Morgan fingerprint density at radius 2 is 2.25 bits per heavy atom. The Labute approximate surface area is 94.2 Å². The minimum Gasteiger partial charge on any atom is -0.378 e. The number of pyridine rings is 1. The quantitative estimate of drug-likeness (QED) is 0.764. The van der Waals surface area contributed by atoms with Crippen LogP contribution in [0.2, 0.25) is 0 Å². The maximum absolute atomic E-state index is 12.0. The molecule has 0 unspecified atom stereocenters. The van der Waals surface area contributed by atoms with Gasteiger partial charge in [-0.3, -0.25) is 9.78 Å². The second-order valence-electron chi connectivity index (χ2n) is 3.66. The number of ether oxygens (including phenoxy) is 1. The zero-order valence-electron chi connectivity index (χ0n) is 9.06. The molecule has 1 aliphatic heterocycles. The third-order valence-corrected chi connectivity index (χ3v) is 2.58. The Morgan fingerprint density at radius 1 is 1.50 bits per heavy atom. The number of aromatic nitrogens is 1. The highest BCUT2D eigenvalue weighted by molar-refractivity contribution is 5.92. The highest BCUT2D eigenvalue weighted by Crippen LogP contribution is 2.07. The van der Waals surface area contributed by atoms with Crippen molar-refractivity contribution >= 4 is 5.91 Å². The van der Waals surface area contributed by atoms with Crippen LogP contribution in [0.1, 0.15) is 16.1 Å². The van der Waals surface area contributed by atoms with E-state index in [4.69, 9.17) is 10.5 Å². The molecule has 2 N–H and O–H groups in total. The van der Waals surface area contributed by atoms with Crippen molar-refractivity contribution in [3.8, 4) is 0 Å². The molecule has 86 valence electrons. The summed E-state index contributed by atoms with van der Waals surface area (Å²) in [7, 11) is 0. The molecule has 2 heterocycles. The van der Waals surface area contributed by atoms with E-state index < -0.39 is 0 Å². The van der Waals surface area contributed by atoms with Gasteiger partial charge in [-0.2, -0.15) is 0 Å². The van der Waals surface area contributed by atoms with Crippen LogP contribution in [0.15, 0.2) is 18.3 Å². The van der Waals surface area contributed by atoms with Crippen molar-refractivity contribution in [2.24, 2.45) is 5.73 Å². The number of carbonyl (C=O) groups excluding carboxylic acids is 1. The van der Waals surface area contributed by atoms with E-state index in [-0.39, 0.29) is 5.91 Å². The number of nitrogens with zero attached hydrogens (tertiary/aromatic N) is 2. The molecule has 1 fully saturated rings. The maximum atomic E-state index is 12.0. The minimum atomic E-state index is -0.0430. The largest absolute Gasteiger partial charge is 0.378 e. The third kappa shape index (κ3) is 2.37. The van der Waals surface area contributed by atoms with Gasteiger partial charge in [-0.25, -0.2) is 0 Å². The van der Waals surface area contributed by atoms with Gasteiger partial charge in [0.15, 0.2) is 0 Å². The number of hydrogen-bond donors (Lipinski definition) is 1. The first-order valence-corrected chi connectivity index (χ1v) is 5.33. The highest BCUT2D eigenvalue weighted by Gasteiger charge is 2.19. The Bertz CT molecular complexity index is 375. The smallest absolute Gasteiger partial charge is 0.272 e. The van der Waals surface area contributed by atoms with Crippen LogP contribution in [0.5, 0.6) is 0 Å². The lowest BCUT2D eigenvalue weighted by molar-refractivity contribution is 0.0299. The summed E-state index contributed by atoms with van der Waals surface area (Å²) >= 11 is 0. The van der Waals surface area contributed by atoms with Crippen LogP contribution in [0.3, 0.4) is 0 Å². The fourth-order valence-corrected chi connectivity index (χ4v) is 1.65. The molecule has 0 bridgehead atoms. The summed E-state index contributed by atoms with van der Waals surface area (Å²) in [6, 6.07) is 3.56. The van der Waals surface area contributed by atoms with Crippen molar-refractivity contribution in [3.63, 3.8) is 0 Å². The van der Waals surface area contributed by atoms with Crippen molar-refractivity contribution in [2.75, 3.05) is 26.3 Å². The van der Waals surface area contributed by atoms with Gasteiger partial charge in [-0.05, 0) is 17.7 Å². The topological polar surface area (TPSA) is 68.5 Å². The van der Waals surface area contributed by atoms with E-state index in [1.165, 1.54) is 0 Å². The average Bonchev–Trinajstić information content (AvgIpc) is 2.39. The van der Waals surface area contributed by atoms with Gasteiger partial charge in [0.2, 0.25) is 0 Å². The van der Waals surface area contributed by atoms with Crippen LogP contribution >= 0.6 is 0 Å². The van der Waals surface area contributed by atoms with Crippen molar-refractivity contribution in [3.05, 3.63) is 29.6 Å². The molecule has 1 aromatic heterocycles. The standard InChI is InChI=1S/C11H15N3O2/c12-8-9-1-2-13-10(7-9)11(15)14-3-5-16-6-4-14/h1-2,7H,3-6,8,12H2. The van der Waals surface area contributed by atoms with Gasteiger partial charge in [-0.15, -0.1) is 0 Å². The zero-order valence-corrected chi connectivity index (χ0v) is 9.06. The van der Waals surface area contributed by atoms with Crippen LogP contribution in [0.4, 0.5) is 0 Å². The van der Waals surface area contributed by atoms with Gasteiger partial charge < -0.3 is 15.4 Å². The molecule has 0 saturated carbocycles. The predicted octanol–water partition coefficient (Wildman–Crippen LogP) is 0.0127. The molecule has 1 amide bonds. The van der Waals surface area contributed by atoms with E-state index in [1.807, 2.05) is 6.07 Å². The SMILES string of the molecule is NCc1ccnc(C(=O)N2CCOCC2)c1. The third-order valence-electron chi connectivity index (χ3n) is 2.58. The summed E-state index contributed by atoms with van der Waals surface area (Å²) in [6.45, 7) is 2.89. The van der Waals surface area contributed by atoms with E-state index in [0.29, 0.717) is 38.5 Å². The van der Waals surface area contributed by atoms with Crippen LogP contribution in [0.25, 0.3) is 0 Å². The van der Waals surface area contributed by atoms with Crippen LogP contribution < -0.4 is 5.73 Å². The van der Waals surface area contributed by atoms with Gasteiger partial charge >= 0.3 is 0 Å². The zero-order chi connectivity index (χ0) is 11.4. The van der Waals surface area contributed by atoms with Crippen molar-refractivity contribution in [1.29, 1.82) is 0 Å². The molecule has 0 aromatic carbocycles. The predicted molar refractivity (Wildman–Crippen MR) is 58.9 cm³/mol. The number of rotatable bonds is 2. The van der Waals surface area contributed by atoms with Crippen molar-refractivity contribution in [1.82, 2.24) is 9.88 Å². The number of hydrogen-bond acceptors (Lipinski definition) is 4. The lowest BCUT2D eigenvalue weighted by Gasteiger charge is -2.26. The van der Waals surface area contributed by atoms with E-state index in [9.17, 15) is 4.79 Å². The Hall–Kier alpha value is -1.46. The van der Waals surface area contributed by atoms with Crippen molar-refractivity contribution < 1.29 is 9.53 Å². The monoisotopic (exact) mass is 221 g/mol. The summed E-state index contributed by atoms with van der Waals surface area (Å²) < 4.78 is 5.20. The minimum absolute atomic E-state index is 0.0430. The number of carbonyl (C=O) groups is 1. The molecule has 0 radical (unpaired) electrons. The molecule has 0 atom stereocenters. The molecule has 1 aromatic rings. The first-order chi connectivity index (χ1) is 7.81. The Morgan fingerprint density at radius 3 is 2.94 bits per heavy atom. The first-order valence-electron chi connectivity index (χ1n) is 5.33. The average molecular weight is 221 g/mol. The number of morpholine rings is 1. The lowest BCUT2D eigenvalue weighted by Crippen LogP contribution is -2.41. The summed E-state index contributed by atoms with van der Waals surface area (Å²) in [6.07, 6.45) is 1.62. The molecular weight excluding hydrogens is 206 g/mol. The summed E-state index contributed by atoms with van der Waals surface area (Å²) in [5, 5.41) is 0. The second kappa shape index (κ2) is 5.05. The summed E-state index contributed by atoms with van der Waals surface area (Å²) in [4.78, 5) is 17.9. The Kier molecular flexibility index (Phi) is 3.48. The Balaban J connectivity index is 2.12. The highest BCUT2D eigenvalue weighted by atomic mass is 16.5. The van der Waals surface area contributed by atoms with E-state index >= 15 is 0 Å². The molecule has 1 saturated heterocycles.